The van der Waals surface area contributed by atoms with Gasteiger partial charge in [-0.05, 0) is 12.1 Å². The van der Waals surface area contributed by atoms with E-state index >= 15 is 0 Å². The number of carboxylic acid groups (broad SMARTS) is 1. The Morgan fingerprint density at radius 3 is 2.50 bits per heavy atom. The van der Waals surface area contributed by atoms with Crippen LogP contribution < -0.4 is 0 Å². The molecular formula is C11H7ClFNO5S. The highest BCUT2D eigenvalue weighted by Crippen LogP contribution is 2.31. The third-order valence-electron chi connectivity index (χ3n) is 2.38. The highest BCUT2D eigenvalue weighted by atomic mass is 35.5. The average molecular weight is 320 g/mol. The van der Waals surface area contributed by atoms with E-state index < -0.39 is 26.5 Å². The lowest BCUT2D eigenvalue weighted by Gasteiger charge is -2.05. The normalized spacial score (nSPS) is 11.6. The molecule has 0 aliphatic heterocycles. The van der Waals surface area contributed by atoms with Gasteiger partial charge in [-0.2, -0.15) is 0 Å². The topological polar surface area (TPSA) is 97.5 Å². The molecular weight excluding hydrogens is 313 g/mol. The molecule has 1 aromatic heterocycles. The van der Waals surface area contributed by atoms with E-state index in [1.165, 1.54) is 0 Å². The molecule has 2 aromatic rings. The van der Waals surface area contributed by atoms with Crippen molar-refractivity contribution in [2.75, 3.05) is 6.26 Å². The molecule has 2 rings (SSSR count). The lowest BCUT2D eigenvalue weighted by molar-refractivity contribution is 0.0686. The van der Waals surface area contributed by atoms with Crippen molar-refractivity contribution in [2.24, 2.45) is 0 Å². The fourth-order valence-corrected chi connectivity index (χ4v) is 3.02. The molecule has 0 aliphatic rings. The van der Waals surface area contributed by atoms with Crippen LogP contribution in [0.15, 0.2) is 27.6 Å². The molecule has 1 N–H and O–H groups in total. The first-order valence-electron chi connectivity index (χ1n) is 5.09. The minimum atomic E-state index is -3.82. The fourth-order valence-electron chi connectivity index (χ4n) is 1.57. The monoisotopic (exact) mass is 319 g/mol. The number of carbonyl (C=O) groups is 1. The van der Waals surface area contributed by atoms with Crippen LogP contribution in [-0.4, -0.2) is 30.9 Å². The predicted molar refractivity (Wildman–Crippen MR) is 67.0 cm³/mol. The van der Waals surface area contributed by atoms with Crippen LogP contribution in [-0.2, 0) is 9.84 Å². The number of aromatic nitrogens is 1. The standard InChI is InChI=1S/C11H7ClFNO5S/c1-20(17,18)10-6(12)2-5(3-7(10)13)9-4-8(11(15)16)14-19-9/h2-4H,1H3,(H,15,16). The molecule has 0 bridgehead atoms. The Bertz CT molecular complexity index is 776. The number of hydrogen-bond donors (Lipinski definition) is 1. The van der Waals surface area contributed by atoms with Gasteiger partial charge in [0.05, 0.1) is 5.02 Å². The first-order valence-corrected chi connectivity index (χ1v) is 7.36. The van der Waals surface area contributed by atoms with Gasteiger partial charge in [0.1, 0.15) is 10.7 Å². The van der Waals surface area contributed by atoms with Crippen molar-refractivity contribution in [3.63, 3.8) is 0 Å². The number of rotatable bonds is 3. The van der Waals surface area contributed by atoms with E-state index in [-0.39, 0.29) is 22.0 Å². The van der Waals surface area contributed by atoms with Crippen molar-refractivity contribution < 1.29 is 27.2 Å². The number of benzene rings is 1. The van der Waals surface area contributed by atoms with Crippen molar-refractivity contribution >= 4 is 27.4 Å². The molecule has 0 spiro atoms. The van der Waals surface area contributed by atoms with Crippen LogP contribution in [0.3, 0.4) is 0 Å². The average Bonchev–Trinajstić information content (AvgIpc) is 2.74. The maximum absolute atomic E-state index is 13.8. The zero-order valence-corrected chi connectivity index (χ0v) is 11.5. The molecule has 0 atom stereocenters. The van der Waals surface area contributed by atoms with E-state index in [1.54, 1.807) is 0 Å². The molecule has 9 heteroatoms. The van der Waals surface area contributed by atoms with Crippen molar-refractivity contribution in [1.29, 1.82) is 0 Å². The number of nitrogens with zero attached hydrogens (tertiary/aromatic N) is 1. The first kappa shape index (κ1) is 14.5. The van der Waals surface area contributed by atoms with E-state index in [0.29, 0.717) is 0 Å². The minimum Gasteiger partial charge on any atom is -0.476 e. The van der Waals surface area contributed by atoms with Crippen LogP contribution in [0.2, 0.25) is 5.02 Å². The van der Waals surface area contributed by atoms with Crippen molar-refractivity contribution in [1.82, 2.24) is 5.16 Å². The maximum atomic E-state index is 13.8. The first-order chi connectivity index (χ1) is 9.20. The van der Waals surface area contributed by atoms with Crippen molar-refractivity contribution in [3.8, 4) is 11.3 Å². The third-order valence-corrected chi connectivity index (χ3v) is 3.95. The Kier molecular flexibility index (Phi) is 3.53. The molecule has 0 radical (unpaired) electrons. The van der Waals surface area contributed by atoms with Crippen LogP contribution in [0, 0.1) is 5.82 Å². The van der Waals surface area contributed by atoms with E-state index in [4.69, 9.17) is 21.2 Å². The molecule has 6 nitrogen and oxygen atoms in total. The molecule has 0 amide bonds. The fraction of sp³-hybridized carbons (Fsp3) is 0.0909. The summed E-state index contributed by atoms with van der Waals surface area (Å²) in [5, 5.41) is 11.6. The van der Waals surface area contributed by atoms with Crippen LogP contribution >= 0.6 is 11.6 Å². The van der Waals surface area contributed by atoms with E-state index in [1.807, 2.05) is 0 Å². The lowest BCUT2D eigenvalue weighted by Crippen LogP contribution is -2.02. The predicted octanol–water partition coefficient (Wildman–Crippen LogP) is 2.24. The van der Waals surface area contributed by atoms with Gasteiger partial charge in [-0.1, -0.05) is 16.8 Å². The number of sulfone groups is 1. The van der Waals surface area contributed by atoms with Gasteiger partial charge in [-0.3, -0.25) is 0 Å². The minimum absolute atomic E-state index is 0.0387. The second-order valence-corrected chi connectivity index (χ2v) is 6.28. The van der Waals surface area contributed by atoms with Gasteiger partial charge in [-0.25, -0.2) is 17.6 Å². The molecule has 106 valence electrons. The molecule has 20 heavy (non-hydrogen) atoms. The molecule has 1 heterocycles. The number of halogens is 2. The van der Waals surface area contributed by atoms with Gasteiger partial charge in [0.15, 0.2) is 21.3 Å². The Morgan fingerprint density at radius 2 is 2.05 bits per heavy atom. The quantitative estimate of drug-likeness (QED) is 0.931. The van der Waals surface area contributed by atoms with Gasteiger partial charge < -0.3 is 9.63 Å². The Hall–Kier alpha value is -1.93. The smallest absolute Gasteiger partial charge is 0.358 e. The highest BCUT2D eigenvalue weighted by molar-refractivity contribution is 7.90. The molecule has 0 saturated heterocycles. The van der Waals surface area contributed by atoms with Gasteiger partial charge in [0, 0.05) is 17.9 Å². The van der Waals surface area contributed by atoms with Crippen molar-refractivity contribution in [3.05, 3.63) is 34.7 Å². The van der Waals surface area contributed by atoms with E-state index in [9.17, 15) is 17.6 Å². The zero-order valence-electron chi connectivity index (χ0n) is 9.92. The highest BCUT2D eigenvalue weighted by Gasteiger charge is 2.21. The van der Waals surface area contributed by atoms with Crippen LogP contribution in [0.5, 0.6) is 0 Å². The third kappa shape index (κ3) is 2.66. The number of carboxylic acids is 1. The molecule has 0 unspecified atom stereocenters. The SMILES string of the molecule is CS(=O)(=O)c1c(F)cc(-c2cc(C(=O)O)no2)cc1Cl. The summed E-state index contributed by atoms with van der Waals surface area (Å²) < 4.78 is 41.3. The summed E-state index contributed by atoms with van der Waals surface area (Å²) in [7, 11) is -3.82. The molecule has 1 aromatic carbocycles. The summed E-state index contributed by atoms with van der Waals surface area (Å²) in [5.41, 5.74) is -0.274. The lowest BCUT2D eigenvalue weighted by atomic mass is 10.1. The zero-order chi connectivity index (χ0) is 15.1. The van der Waals surface area contributed by atoms with Gasteiger partial charge in [0.25, 0.3) is 0 Å². The van der Waals surface area contributed by atoms with Crippen LogP contribution in [0.25, 0.3) is 11.3 Å². The second kappa shape index (κ2) is 4.88. The number of hydrogen-bond acceptors (Lipinski definition) is 5. The van der Waals surface area contributed by atoms with Crippen molar-refractivity contribution in [2.45, 2.75) is 4.90 Å². The molecule has 0 saturated carbocycles. The Balaban J connectivity index is 2.57. The number of aromatic carboxylic acids is 1. The largest absolute Gasteiger partial charge is 0.476 e. The summed E-state index contributed by atoms with van der Waals surface area (Å²) in [5.74, 6) is -2.40. The summed E-state index contributed by atoms with van der Waals surface area (Å²) in [6, 6.07) is 3.12. The maximum Gasteiger partial charge on any atom is 0.358 e. The second-order valence-electron chi connectivity index (χ2n) is 3.92. The Morgan fingerprint density at radius 1 is 1.40 bits per heavy atom. The molecule has 0 fully saturated rings. The summed E-state index contributed by atoms with van der Waals surface area (Å²) in [4.78, 5) is 10.0. The van der Waals surface area contributed by atoms with Gasteiger partial charge in [0.2, 0.25) is 0 Å². The summed E-state index contributed by atoms with van der Waals surface area (Å²) in [6.45, 7) is 0. The van der Waals surface area contributed by atoms with Gasteiger partial charge in [-0.15, -0.1) is 0 Å². The van der Waals surface area contributed by atoms with E-state index in [0.717, 1.165) is 24.5 Å². The summed E-state index contributed by atoms with van der Waals surface area (Å²) >= 11 is 5.74. The summed E-state index contributed by atoms with van der Waals surface area (Å²) in [6.07, 6.45) is 0.827. The van der Waals surface area contributed by atoms with Gasteiger partial charge >= 0.3 is 5.97 Å². The van der Waals surface area contributed by atoms with Crippen LogP contribution in [0.4, 0.5) is 4.39 Å². The molecule has 0 aliphatic carbocycles. The Labute approximate surface area is 117 Å². The van der Waals surface area contributed by atoms with Crippen LogP contribution in [0.1, 0.15) is 10.5 Å². The van der Waals surface area contributed by atoms with E-state index in [2.05, 4.69) is 5.16 Å².